The van der Waals surface area contributed by atoms with E-state index in [4.69, 9.17) is 10.8 Å². The van der Waals surface area contributed by atoms with Crippen molar-refractivity contribution in [1.29, 1.82) is 0 Å². The largest absolute Gasteiger partial charge is 0.396 e. The van der Waals surface area contributed by atoms with Crippen LogP contribution in [-0.4, -0.2) is 36.2 Å². The Hall–Kier alpha value is -0.420. The van der Waals surface area contributed by atoms with Crippen LogP contribution in [0.5, 0.6) is 0 Å². The van der Waals surface area contributed by atoms with E-state index in [9.17, 15) is 0 Å². The normalized spacial score (nSPS) is 12.9. The maximum absolute atomic E-state index is 8.84. The van der Waals surface area contributed by atoms with E-state index < -0.39 is 0 Å². The van der Waals surface area contributed by atoms with Crippen LogP contribution in [0.25, 0.3) is 0 Å². The Morgan fingerprint density at radius 2 is 2.17 bits per heavy atom. The highest BCUT2D eigenvalue weighted by atomic mass is 79.9. The van der Waals surface area contributed by atoms with Gasteiger partial charge in [-0.3, -0.25) is 0 Å². The monoisotopic (exact) mass is 314 g/mol. The van der Waals surface area contributed by atoms with Gasteiger partial charge in [-0.15, -0.1) is 0 Å². The fourth-order valence-electron chi connectivity index (χ4n) is 1.95. The van der Waals surface area contributed by atoms with E-state index in [0.29, 0.717) is 0 Å². The molecule has 0 spiro atoms. The van der Waals surface area contributed by atoms with Crippen LogP contribution in [0.4, 0.5) is 0 Å². The Bertz CT molecular complexity index is 346. The minimum Gasteiger partial charge on any atom is -0.396 e. The van der Waals surface area contributed by atoms with Crippen molar-refractivity contribution in [2.75, 3.05) is 26.2 Å². The molecule has 1 rings (SSSR count). The molecule has 1 aromatic rings. The molecule has 0 radical (unpaired) electrons. The fourth-order valence-corrected chi connectivity index (χ4v) is 2.36. The summed E-state index contributed by atoms with van der Waals surface area (Å²) in [7, 11) is 0. The first kappa shape index (κ1) is 15.6. The van der Waals surface area contributed by atoms with Gasteiger partial charge in [0.15, 0.2) is 0 Å². The summed E-state index contributed by atoms with van der Waals surface area (Å²) in [6.07, 6.45) is 1.77. The number of benzene rings is 1. The van der Waals surface area contributed by atoms with Gasteiger partial charge < -0.3 is 15.7 Å². The summed E-state index contributed by atoms with van der Waals surface area (Å²) in [4.78, 5) is 2.33. The Morgan fingerprint density at radius 1 is 1.39 bits per heavy atom. The molecule has 0 bridgehead atoms. The second kappa shape index (κ2) is 8.64. The third kappa shape index (κ3) is 5.48. The summed E-state index contributed by atoms with van der Waals surface area (Å²) >= 11 is 3.46. The fraction of sp³-hybridized carbons (Fsp3) is 0.571. The van der Waals surface area contributed by atoms with Gasteiger partial charge in [0.25, 0.3) is 0 Å². The first-order chi connectivity index (χ1) is 8.67. The molecule has 0 aliphatic carbocycles. The lowest BCUT2D eigenvalue weighted by molar-refractivity contribution is 0.225. The van der Waals surface area contributed by atoms with Crippen LogP contribution >= 0.6 is 15.9 Å². The lowest BCUT2D eigenvalue weighted by atomic mass is 10.0. The summed E-state index contributed by atoms with van der Waals surface area (Å²) in [5.41, 5.74) is 7.37. The summed E-state index contributed by atoms with van der Waals surface area (Å²) in [5, 5.41) is 8.84. The van der Waals surface area contributed by atoms with Gasteiger partial charge in [-0.05, 0) is 43.6 Å². The highest BCUT2D eigenvalue weighted by molar-refractivity contribution is 9.10. The minimum absolute atomic E-state index is 0.0747. The van der Waals surface area contributed by atoms with Crippen LogP contribution in [0.1, 0.15) is 31.4 Å². The van der Waals surface area contributed by atoms with Crippen molar-refractivity contribution in [3.05, 3.63) is 34.3 Å². The van der Waals surface area contributed by atoms with Crippen molar-refractivity contribution < 1.29 is 5.11 Å². The number of hydrogen-bond acceptors (Lipinski definition) is 3. The third-order valence-corrected chi connectivity index (χ3v) is 3.61. The molecule has 0 aromatic heterocycles. The molecule has 0 aliphatic heterocycles. The molecule has 1 unspecified atom stereocenters. The second-order valence-electron chi connectivity index (χ2n) is 4.46. The number of hydrogen-bond donors (Lipinski definition) is 2. The summed E-state index contributed by atoms with van der Waals surface area (Å²) in [6.45, 7) is 5.32. The number of nitrogens with two attached hydrogens (primary N) is 1. The van der Waals surface area contributed by atoms with Crippen LogP contribution in [0.3, 0.4) is 0 Å². The van der Waals surface area contributed by atoms with Gasteiger partial charge in [0.2, 0.25) is 0 Å². The van der Waals surface area contributed by atoms with Crippen molar-refractivity contribution in [3.8, 4) is 0 Å². The average molecular weight is 315 g/mol. The molecule has 3 N–H and O–H groups in total. The molecule has 1 atom stereocenters. The molecular formula is C14H23BrN2O. The van der Waals surface area contributed by atoms with Crippen LogP contribution in [-0.2, 0) is 0 Å². The SMILES string of the molecule is CCN(CCCO)CCC(N)c1cccc(Br)c1. The van der Waals surface area contributed by atoms with Gasteiger partial charge in [0, 0.05) is 23.7 Å². The predicted molar refractivity (Wildman–Crippen MR) is 79.5 cm³/mol. The first-order valence-electron chi connectivity index (χ1n) is 6.51. The maximum Gasteiger partial charge on any atom is 0.0443 e. The predicted octanol–water partition coefficient (Wildman–Crippen LogP) is 2.54. The van der Waals surface area contributed by atoms with Gasteiger partial charge in [0.1, 0.15) is 0 Å². The van der Waals surface area contributed by atoms with Crippen LogP contribution in [0.2, 0.25) is 0 Å². The highest BCUT2D eigenvalue weighted by Gasteiger charge is 2.09. The molecule has 0 fully saturated rings. The molecule has 102 valence electrons. The molecule has 1 aromatic carbocycles. The number of aliphatic hydroxyl groups is 1. The molecule has 4 heteroatoms. The number of rotatable bonds is 8. The van der Waals surface area contributed by atoms with Gasteiger partial charge in [-0.2, -0.15) is 0 Å². The van der Waals surface area contributed by atoms with Crippen molar-refractivity contribution in [1.82, 2.24) is 4.90 Å². The second-order valence-corrected chi connectivity index (χ2v) is 5.38. The lowest BCUT2D eigenvalue weighted by Crippen LogP contribution is -2.28. The lowest BCUT2D eigenvalue weighted by Gasteiger charge is -2.22. The van der Waals surface area contributed by atoms with Crippen molar-refractivity contribution >= 4 is 15.9 Å². The van der Waals surface area contributed by atoms with Gasteiger partial charge in [-0.25, -0.2) is 0 Å². The molecule has 0 amide bonds. The molecule has 18 heavy (non-hydrogen) atoms. The Labute approximate surface area is 118 Å². The number of aliphatic hydroxyl groups excluding tert-OH is 1. The maximum atomic E-state index is 8.84. The van der Waals surface area contributed by atoms with Crippen molar-refractivity contribution in [2.45, 2.75) is 25.8 Å². The molecular weight excluding hydrogens is 292 g/mol. The van der Waals surface area contributed by atoms with E-state index in [2.05, 4.69) is 39.9 Å². The minimum atomic E-state index is 0.0747. The average Bonchev–Trinajstić information content (AvgIpc) is 2.38. The van der Waals surface area contributed by atoms with Crippen molar-refractivity contribution in [3.63, 3.8) is 0 Å². The Kier molecular flexibility index (Phi) is 7.51. The van der Waals surface area contributed by atoms with Gasteiger partial charge >= 0.3 is 0 Å². The van der Waals surface area contributed by atoms with E-state index in [-0.39, 0.29) is 12.6 Å². The van der Waals surface area contributed by atoms with Crippen LogP contribution < -0.4 is 5.73 Å². The zero-order valence-electron chi connectivity index (χ0n) is 11.0. The van der Waals surface area contributed by atoms with E-state index in [1.54, 1.807) is 0 Å². The molecule has 3 nitrogen and oxygen atoms in total. The smallest absolute Gasteiger partial charge is 0.0443 e. The quantitative estimate of drug-likeness (QED) is 0.775. The number of nitrogens with zero attached hydrogens (tertiary/aromatic N) is 1. The number of halogens is 1. The highest BCUT2D eigenvalue weighted by Crippen LogP contribution is 2.19. The van der Waals surface area contributed by atoms with E-state index in [1.807, 2.05) is 12.1 Å². The molecule has 0 aliphatic rings. The van der Waals surface area contributed by atoms with Crippen LogP contribution in [0, 0.1) is 0 Å². The molecule has 0 saturated carbocycles. The van der Waals surface area contributed by atoms with Crippen molar-refractivity contribution in [2.24, 2.45) is 5.73 Å². The summed E-state index contributed by atoms with van der Waals surface area (Å²) in [6, 6.07) is 8.25. The van der Waals surface area contributed by atoms with Crippen LogP contribution in [0.15, 0.2) is 28.7 Å². The van der Waals surface area contributed by atoms with Gasteiger partial charge in [0.05, 0.1) is 0 Å². The molecule has 0 saturated heterocycles. The zero-order chi connectivity index (χ0) is 13.4. The van der Waals surface area contributed by atoms with Gasteiger partial charge in [-0.1, -0.05) is 35.0 Å². The van der Waals surface area contributed by atoms with E-state index >= 15 is 0 Å². The zero-order valence-corrected chi connectivity index (χ0v) is 12.6. The Morgan fingerprint density at radius 3 is 2.78 bits per heavy atom. The van der Waals surface area contributed by atoms with E-state index in [1.165, 1.54) is 5.56 Å². The first-order valence-corrected chi connectivity index (χ1v) is 7.31. The van der Waals surface area contributed by atoms with E-state index in [0.717, 1.165) is 36.9 Å². The third-order valence-electron chi connectivity index (χ3n) is 3.11. The standard InChI is InChI=1S/C14H23BrN2O/c1-2-17(8-4-10-18)9-7-14(16)12-5-3-6-13(15)11-12/h3,5-6,11,14,18H,2,4,7-10,16H2,1H3. The summed E-state index contributed by atoms with van der Waals surface area (Å²) < 4.78 is 1.07. The Balaban J connectivity index is 2.42. The summed E-state index contributed by atoms with van der Waals surface area (Å²) in [5.74, 6) is 0. The topological polar surface area (TPSA) is 49.5 Å². The molecule has 0 heterocycles.